The summed E-state index contributed by atoms with van der Waals surface area (Å²) < 4.78 is 6.80. The van der Waals surface area contributed by atoms with Gasteiger partial charge in [-0.25, -0.2) is 9.97 Å². The second-order valence-corrected chi connectivity index (χ2v) is 4.02. The Balaban J connectivity index is 2.22. The molecular weight excluding hydrogens is 244 g/mol. The number of aryl methyl sites for hydroxylation is 1. The fourth-order valence-corrected chi connectivity index (χ4v) is 1.64. The number of nitrogens with zero attached hydrogens (tertiary/aromatic N) is 4. The highest BCUT2D eigenvalue weighted by atomic mass is 16.5. The maximum atomic E-state index is 5.07. The zero-order valence-corrected chi connectivity index (χ0v) is 11.3. The van der Waals surface area contributed by atoms with Crippen molar-refractivity contribution in [2.45, 2.75) is 13.5 Å². The van der Waals surface area contributed by atoms with E-state index in [-0.39, 0.29) is 0 Å². The van der Waals surface area contributed by atoms with E-state index in [9.17, 15) is 0 Å². The van der Waals surface area contributed by atoms with Crippen molar-refractivity contribution < 1.29 is 4.74 Å². The molecule has 0 radical (unpaired) electrons. The molecule has 19 heavy (non-hydrogen) atoms. The van der Waals surface area contributed by atoms with E-state index in [1.165, 1.54) is 0 Å². The topological polar surface area (TPSA) is 76.9 Å². The van der Waals surface area contributed by atoms with Crippen molar-refractivity contribution in [1.29, 1.82) is 0 Å². The number of hydrogen-bond acceptors (Lipinski definition) is 6. The number of aromatic nitrogens is 4. The molecule has 2 aromatic heterocycles. The first-order valence-corrected chi connectivity index (χ1v) is 6.08. The molecule has 2 N–H and O–H groups in total. The molecule has 0 saturated carbocycles. The molecule has 7 heteroatoms. The minimum absolute atomic E-state index is 0.371. The molecule has 2 aromatic rings. The van der Waals surface area contributed by atoms with Crippen molar-refractivity contribution in [1.82, 2.24) is 19.7 Å². The SMILES string of the molecule is CCNc1cc(Nc2ccn(C)n2)nc(COC)n1. The van der Waals surface area contributed by atoms with Crippen LogP contribution in [-0.2, 0) is 18.4 Å². The number of anilines is 3. The first-order valence-electron chi connectivity index (χ1n) is 6.08. The maximum Gasteiger partial charge on any atom is 0.158 e. The highest BCUT2D eigenvalue weighted by molar-refractivity contribution is 5.55. The molecule has 0 saturated heterocycles. The molecule has 102 valence electrons. The van der Waals surface area contributed by atoms with Crippen LogP contribution in [0.3, 0.4) is 0 Å². The third kappa shape index (κ3) is 3.65. The molecule has 2 rings (SSSR count). The fourth-order valence-electron chi connectivity index (χ4n) is 1.64. The van der Waals surface area contributed by atoms with Crippen LogP contribution in [0.25, 0.3) is 0 Å². The van der Waals surface area contributed by atoms with Crippen LogP contribution in [0.15, 0.2) is 18.3 Å². The highest BCUT2D eigenvalue weighted by Gasteiger charge is 2.05. The van der Waals surface area contributed by atoms with E-state index in [0.717, 1.165) is 18.2 Å². The van der Waals surface area contributed by atoms with Gasteiger partial charge in [0.15, 0.2) is 11.6 Å². The van der Waals surface area contributed by atoms with E-state index < -0.39 is 0 Å². The lowest BCUT2D eigenvalue weighted by atomic mass is 10.4. The predicted molar refractivity (Wildman–Crippen MR) is 73.4 cm³/mol. The van der Waals surface area contributed by atoms with Crippen molar-refractivity contribution in [3.63, 3.8) is 0 Å². The Morgan fingerprint density at radius 2 is 2.05 bits per heavy atom. The summed E-state index contributed by atoms with van der Waals surface area (Å²) in [4.78, 5) is 8.72. The lowest BCUT2D eigenvalue weighted by Gasteiger charge is -2.09. The molecule has 0 aliphatic rings. The predicted octanol–water partition coefficient (Wildman–Crippen LogP) is 1.53. The Labute approximate surface area is 112 Å². The fraction of sp³-hybridized carbons (Fsp3) is 0.417. The van der Waals surface area contributed by atoms with Gasteiger partial charge >= 0.3 is 0 Å². The van der Waals surface area contributed by atoms with Crippen LogP contribution in [0.4, 0.5) is 17.5 Å². The highest BCUT2D eigenvalue weighted by Crippen LogP contribution is 2.16. The second kappa shape index (κ2) is 6.14. The van der Waals surface area contributed by atoms with E-state index >= 15 is 0 Å². The molecule has 0 amide bonds. The quantitative estimate of drug-likeness (QED) is 0.822. The van der Waals surface area contributed by atoms with Crippen molar-refractivity contribution in [3.05, 3.63) is 24.2 Å². The normalized spacial score (nSPS) is 10.5. The van der Waals surface area contributed by atoms with E-state index in [1.807, 2.05) is 32.3 Å². The standard InChI is InChI=1S/C12H18N6O/c1-4-13-10-7-11(16-12(15-10)8-19-3)14-9-5-6-18(2)17-9/h5-7H,4,8H2,1-3H3,(H2,13,14,15,16,17). The van der Waals surface area contributed by atoms with Crippen LogP contribution >= 0.6 is 0 Å². The van der Waals surface area contributed by atoms with Crippen LogP contribution in [0, 0.1) is 0 Å². The second-order valence-electron chi connectivity index (χ2n) is 4.02. The van der Waals surface area contributed by atoms with Crippen molar-refractivity contribution >= 4 is 17.5 Å². The molecule has 7 nitrogen and oxygen atoms in total. The average molecular weight is 262 g/mol. The van der Waals surface area contributed by atoms with Crippen LogP contribution in [-0.4, -0.2) is 33.4 Å². The summed E-state index contributed by atoms with van der Waals surface area (Å²) in [5, 5.41) is 10.6. The summed E-state index contributed by atoms with van der Waals surface area (Å²) >= 11 is 0. The molecule has 0 unspecified atom stereocenters. The molecule has 0 aromatic carbocycles. The van der Waals surface area contributed by atoms with E-state index in [1.54, 1.807) is 11.8 Å². The molecule has 0 fully saturated rings. The van der Waals surface area contributed by atoms with E-state index in [4.69, 9.17) is 4.74 Å². The molecule has 0 bridgehead atoms. The van der Waals surface area contributed by atoms with Gasteiger partial charge in [-0.1, -0.05) is 0 Å². The Bertz CT molecular complexity index is 515. The number of nitrogens with one attached hydrogen (secondary N) is 2. The van der Waals surface area contributed by atoms with Crippen LogP contribution in [0.1, 0.15) is 12.7 Å². The van der Waals surface area contributed by atoms with Crippen molar-refractivity contribution in [2.24, 2.45) is 7.05 Å². The van der Waals surface area contributed by atoms with Gasteiger partial charge in [-0.15, -0.1) is 0 Å². The summed E-state index contributed by atoms with van der Waals surface area (Å²) in [6, 6.07) is 3.72. The lowest BCUT2D eigenvalue weighted by Crippen LogP contribution is -2.07. The third-order valence-electron chi connectivity index (χ3n) is 2.37. The first-order chi connectivity index (χ1) is 9.21. The van der Waals surface area contributed by atoms with Gasteiger partial charge in [-0.2, -0.15) is 5.10 Å². The van der Waals surface area contributed by atoms with Crippen LogP contribution < -0.4 is 10.6 Å². The Hall–Kier alpha value is -2.15. The van der Waals surface area contributed by atoms with E-state index in [2.05, 4.69) is 25.7 Å². The molecule has 0 aliphatic carbocycles. The van der Waals surface area contributed by atoms with Gasteiger partial charge in [0, 0.05) is 39.0 Å². The number of rotatable bonds is 6. The van der Waals surface area contributed by atoms with Crippen LogP contribution in [0.5, 0.6) is 0 Å². The Morgan fingerprint density at radius 3 is 2.68 bits per heavy atom. The molecule has 0 atom stereocenters. The van der Waals surface area contributed by atoms with Gasteiger partial charge in [0.05, 0.1) is 0 Å². The summed E-state index contributed by atoms with van der Waals surface area (Å²) in [5.41, 5.74) is 0. The monoisotopic (exact) mass is 262 g/mol. The number of hydrogen-bond donors (Lipinski definition) is 2. The number of ether oxygens (including phenoxy) is 1. The van der Waals surface area contributed by atoms with Gasteiger partial charge < -0.3 is 15.4 Å². The maximum absolute atomic E-state index is 5.07. The van der Waals surface area contributed by atoms with E-state index in [0.29, 0.717) is 18.2 Å². The van der Waals surface area contributed by atoms with Gasteiger partial charge in [0.25, 0.3) is 0 Å². The Morgan fingerprint density at radius 1 is 1.26 bits per heavy atom. The zero-order valence-electron chi connectivity index (χ0n) is 11.3. The molecule has 0 aliphatic heterocycles. The summed E-state index contributed by atoms with van der Waals surface area (Å²) in [7, 11) is 3.49. The smallest absolute Gasteiger partial charge is 0.158 e. The summed E-state index contributed by atoms with van der Waals surface area (Å²) in [6.45, 7) is 3.19. The van der Waals surface area contributed by atoms with Gasteiger partial charge in [0.2, 0.25) is 0 Å². The largest absolute Gasteiger partial charge is 0.377 e. The summed E-state index contributed by atoms with van der Waals surface area (Å²) in [5.74, 6) is 2.83. The number of methoxy groups -OCH3 is 1. The van der Waals surface area contributed by atoms with Crippen molar-refractivity contribution in [2.75, 3.05) is 24.3 Å². The van der Waals surface area contributed by atoms with Gasteiger partial charge in [-0.3, -0.25) is 4.68 Å². The minimum atomic E-state index is 0.371. The molecule has 0 spiro atoms. The zero-order chi connectivity index (χ0) is 13.7. The molecule has 2 heterocycles. The minimum Gasteiger partial charge on any atom is -0.377 e. The summed E-state index contributed by atoms with van der Waals surface area (Å²) in [6.07, 6.45) is 1.87. The first kappa shape index (κ1) is 13.3. The van der Waals surface area contributed by atoms with Gasteiger partial charge in [0.1, 0.15) is 18.2 Å². The lowest BCUT2D eigenvalue weighted by molar-refractivity contribution is 0.178. The average Bonchev–Trinajstić information content (AvgIpc) is 2.75. The third-order valence-corrected chi connectivity index (χ3v) is 2.37. The van der Waals surface area contributed by atoms with Crippen LogP contribution in [0.2, 0.25) is 0 Å². The Kier molecular flexibility index (Phi) is 4.30. The van der Waals surface area contributed by atoms with Gasteiger partial charge in [-0.05, 0) is 6.92 Å². The molecular formula is C12H18N6O. The van der Waals surface area contributed by atoms with Crippen molar-refractivity contribution in [3.8, 4) is 0 Å².